The summed E-state index contributed by atoms with van der Waals surface area (Å²) in [6, 6.07) is 10.3. The molecule has 11 heteroatoms. The summed E-state index contributed by atoms with van der Waals surface area (Å²) in [5.74, 6) is -0.814. The number of benzene rings is 2. The van der Waals surface area contributed by atoms with Crippen LogP contribution >= 0.6 is 0 Å². The average molecular weight is 516 g/mol. The summed E-state index contributed by atoms with van der Waals surface area (Å²) in [6.07, 6.45) is -6.86. The number of ketones is 1. The van der Waals surface area contributed by atoms with Crippen LogP contribution in [-0.2, 0) is 20.6 Å². The van der Waals surface area contributed by atoms with Gasteiger partial charge in [-0.2, -0.15) is 0 Å². The van der Waals surface area contributed by atoms with Crippen molar-refractivity contribution in [1.29, 1.82) is 0 Å². The number of hydrogen-bond donors (Lipinski definition) is 4. The van der Waals surface area contributed by atoms with E-state index < -0.39 is 49.3 Å². The van der Waals surface area contributed by atoms with Gasteiger partial charge in [0.1, 0.15) is 53.7 Å². The number of aliphatic hydroxyl groups is 3. The third-order valence-electron chi connectivity index (χ3n) is 6.11. The lowest BCUT2D eigenvalue weighted by atomic mass is 9.98. The largest absolute Gasteiger partial charge is 0.508 e. The summed E-state index contributed by atoms with van der Waals surface area (Å²) in [5, 5.41) is 42.5. The Morgan fingerprint density at radius 1 is 1.03 bits per heavy atom. The number of carbonyl (C=O) groups is 2. The van der Waals surface area contributed by atoms with E-state index in [0.29, 0.717) is 12.0 Å². The van der Waals surface area contributed by atoms with E-state index in [1.807, 2.05) is 24.3 Å². The highest BCUT2D eigenvalue weighted by molar-refractivity contribution is 6.01. The van der Waals surface area contributed by atoms with Crippen LogP contribution in [-0.4, -0.2) is 76.8 Å². The van der Waals surface area contributed by atoms with Gasteiger partial charge in [0.05, 0.1) is 13.4 Å². The Morgan fingerprint density at radius 2 is 1.81 bits per heavy atom. The van der Waals surface area contributed by atoms with E-state index in [1.54, 1.807) is 13.2 Å². The molecule has 0 aliphatic carbocycles. The molecule has 198 valence electrons. The van der Waals surface area contributed by atoms with E-state index in [9.17, 15) is 30.0 Å². The van der Waals surface area contributed by atoms with Gasteiger partial charge < -0.3 is 43.8 Å². The average Bonchev–Trinajstić information content (AvgIpc) is 3.34. The van der Waals surface area contributed by atoms with E-state index in [4.69, 9.17) is 18.6 Å². The van der Waals surface area contributed by atoms with Gasteiger partial charge in [-0.15, -0.1) is 0 Å². The van der Waals surface area contributed by atoms with E-state index in [1.165, 1.54) is 12.1 Å². The van der Waals surface area contributed by atoms with Crippen molar-refractivity contribution in [3.63, 3.8) is 0 Å². The quantitative estimate of drug-likeness (QED) is 0.256. The van der Waals surface area contributed by atoms with Crippen molar-refractivity contribution in [3.05, 3.63) is 59.4 Å². The minimum absolute atomic E-state index is 0.0430. The van der Waals surface area contributed by atoms with Crippen LogP contribution in [0.5, 0.6) is 11.5 Å². The number of Topliss-reactive ketones (excluding diaryl/α,β-unsaturated/α-hetero) is 1. The number of furan rings is 1. The highest BCUT2D eigenvalue weighted by Gasteiger charge is 2.46. The molecule has 11 nitrogen and oxygen atoms in total. The minimum Gasteiger partial charge on any atom is -0.507 e. The fraction of sp³-hybridized carbons (Fsp3) is 0.385. The molecule has 0 unspecified atom stereocenters. The number of methoxy groups -OCH3 is 1. The predicted molar refractivity (Wildman–Crippen MR) is 127 cm³/mol. The summed E-state index contributed by atoms with van der Waals surface area (Å²) in [4.78, 5) is 24.5. The van der Waals surface area contributed by atoms with Crippen LogP contribution in [0.2, 0.25) is 0 Å². The molecule has 4 rings (SSSR count). The number of phenols is 1. The van der Waals surface area contributed by atoms with Crippen LogP contribution in [0.25, 0.3) is 11.0 Å². The molecule has 2 aromatic carbocycles. The Hall–Kier alpha value is -3.64. The molecule has 37 heavy (non-hydrogen) atoms. The van der Waals surface area contributed by atoms with Gasteiger partial charge in [0.25, 0.3) is 0 Å². The van der Waals surface area contributed by atoms with Crippen LogP contribution in [0.4, 0.5) is 4.79 Å². The van der Waals surface area contributed by atoms with Gasteiger partial charge in [0.15, 0.2) is 5.78 Å². The number of ether oxygens (including phenoxy) is 4. The van der Waals surface area contributed by atoms with Gasteiger partial charge in [0.2, 0.25) is 6.29 Å². The molecular weight excluding hydrogens is 488 g/mol. The molecule has 1 aliphatic heterocycles. The second-order valence-electron chi connectivity index (χ2n) is 8.77. The lowest BCUT2D eigenvalue weighted by Gasteiger charge is -2.40. The van der Waals surface area contributed by atoms with Gasteiger partial charge in [0, 0.05) is 11.8 Å². The van der Waals surface area contributed by atoms with E-state index in [0.717, 1.165) is 23.6 Å². The highest BCUT2D eigenvalue weighted by atomic mass is 16.7. The van der Waals surface area contributed by atoms with Crippen LogP contribution in [0.3, 0.4) is 0 Å². The number of fused-ring (bicyclic) bond motifs is 1. The SMILES string of the molecule is COC(=O)OC[C@H]1O[C@@H](Oc2cc(C)cc(O)c2C(=O)CCc2ccc3occc3c2)[C@H](O)[C@@H](O)[C@@H]1O. The van der Waals surface area contributed by atoms with Crippen molar-refractivity contribution in [1.82, 2.24) is 0 Å². The topological polar surface area (TPSA) is 165 Å². The monoisotopic (exact) mass is 516 g/mol. The number of rotatable bonds is 8. The molecule has 0 spiro atoms. The summed E-state index contributed by atoms with van der Waals surface area (Å²) >= 11 is 0. The molecule has 0 radical (unpaired) electrons. The van der Waals surface area contributed by atoms with E-state index >= 15 is 0 Å². The highest BCUT2D eigenvalue weighted by Crippen LogP contribution is 2.34. The molecule has 0 amide bonds. The van der Waals surface area contributed by atoms with Gasteiger partial charge in [-0.3, -0.25) is 4.79 Å². The minimum atomic E-state index is -1.71. The molecule has 1 fully saturated rings. The zero-order valence-corrected chi connectivity index (χ0v) is 20.2. The Balaban J connectivity index is 1.52. The predicted octanol–water partition coefficient (Wildman–Crippen LogP) is 2.23. The zero-order valence-electron chi connectivity index (χ0n) is 20.2. The second-order valence-corrected chi connectivity index (χ2v) is 8.77. The van der Waals surface area contributed by atoms with E-state index in [-0.39, 0.29) is 23.5 Å². The number of aryl methyl sites for hydroxylation is 2. The molecule has 5 atom stereocenters. The third-order valence-corrected chi connectivity index (χ3v) is 6.11. The molecule has 2 heterocycles. The molecule has 3 aromatic rings. The maximum Gasteiger partial charge on any atom is 0.508 e. The number of aliphatic hydroxyl groups excluding tert-OH is 3. The van der Waals surface area contributed by atoms with Crippen molar-refractivity contribution in [2.75, 3.05) is 13.7 Å². The van der Waals surface area contributed by atoms with Crippen molar-refractivity contribution >= 4 is 22.9 Å². The molecule has 1 aliphatic rings. The van der Waals surface area contributed by atoms with Crippen LogP contribution in [0.1, 0.15) is 27.9 Å². The molecule has 1 aromatic heterocycles. The van der Waals surface area contributed by atoms with Gasteiger partial charge in [-0.05, 0) is 54.8 Å². The Morgan fingerprint density at radius 3 is 2.57 bits per heavy atom. The first-order valence-electron chi connectivity index (χ1n) is 11.6. The maximum atomic E-state index is 13.2. The fourth-order valence-corrected chi connectivity index (χ4v) is 4.15. The molecule has 1 saturated heterocycles. The fourth-order valence-electron chi connectivity index (χ4n) is 4.15. The normalized spacial score (nSPS) is 23.5. The molecule has 0 bridgehead atoms. The number of phenolic OH excluding ortho intramolecular Hbond substituents is 1. The first kappa shape index (κ1) is 26.4. The van der Waals surface area contributed by atoms with Gasteiger partial charge >= 0.3 is 6.16 Å². The second kappa shape index (κ2) is 11.2. The number of carbonyl (C=O) groups excluding carboxylic acids is 2. The van der Waals surface area contributed by atoms with Gasteiger partial charge in [-0.1, -0.05) is 6.07 Å². The van der Waals surface area contributed by atoms with E-state index in [2.05, 4.69) is 4.74 Å². The smallest absolute Gasteiger partial charge is 0.507 e. The maximum absolute atomic E-state index is 13.2. The Labute approximate surface area is 211 Å². The van der Waals surface area contributed by atoms with Crippen molar-refractivity contribution in [2.24, 2.45) is 0 Å². The van der Waals surface area contributed by atoms with Crippen LogP contribution in [0, 0.1) is 6.92 Å². The Bertz CT molecular complexity index is 1270. The molecule has 4 N–H and O–H groups in total. The standard InChI is InChI=1S/C26H28O11/c1-13-9-17(28)21(16(27)5-3-14-4-6-18-15(11-14)7-8-34-18)19(10-13)36-25-24(31)23(30)22(29)20(37-25)12-35-26(32)33-2/h4,6-11,20,22-25,28-31H,3,5,12H2,1-2H3/t20-,22-,23+,24-,25-/m1/s1. The van der Waals surface area contributed by atoms with Crippen molar-refractivity contribution < 1.29 is 53.4 Å². The number of hydrogen-bond acceptors (Lipinski definition) is 11. The summed E-state index contributed by atoms with van der Waals surface area (Å²) in [5.41, 5.74) is 2.07. The molecular formula is C26H28O11. The van der Waals surface area contributed by atoms with Crippen LogP contribution in [0.15, 0.2) is 47.1 Å². The summed E-state index contributed by atoms with van der Waals surface area (Å²) in [6.45, 7) is 1.17. The van der Waals surface area contributed by atoms with Crippen LogP contribution < -0.4 is 4.74 Å². The first-order valence-corrected chi connectivity index (χ1v) is 11.6. The molecule has 0 saturated carbocycles. The summed E-state index contributed by atoms with van der Waals surface area (Å²) in [7, 11) is 1.10. The number of aromatic hydroxyl groups is 1. The zero-order chi connectivity index (χ0) is 26.7. The first-order chi connectivity index (χ1) is 17.7. The van der Waals surface area contributed by atoms with Gasteiger partial charge in [-0.25, -0.2) is 4.79 Å². The third kappa shape index (κ3) is 5.86. The van der Waals surface area contributed by atoms with Crippen molar-refractivity contribution in [2.45, 2.75) is 50.5 Å². The van der Waals surface area contributed by atoms with Crippen molar-refractivity contribution in [3.8, 4) is 11.5 Å². The lowest BCUT2D eigenvalue weighted by molar-refractivity contribution is -0.277. The Kier molecular flexibility index (Phi) is 7.98. The summed E-state index contributed by atoms with van der Waals surface area (Å²) < 4.78 is 25.8. The lowest BCUT2D eigenvalue weighted by Crippen LogP contribution is -2.60.